The first-order valence-corrected chi connectivity index (χ1v) is 12.8. The van der Waals surface area contributed by atoms with Gasteiger partial charge in [0.25, 0.3) is 0 Å². The number of aromatic nitrogens is 2. The Labute approximate surface area is 197 Å². The molecule has 6 nitrogen and oxygen atoms in total. The van der Waals surface area contributed by atoms with E-state index in [1.54, 1.807) is 23.9 Å². The fourth-order valence-electron chi connectivity index (χ4n) is 3.32. The first-order valence-electron chi connectivity index (χ1n) is 10.00. The van der Waals surface area contributed by atoms with Gasteiger partial charge in [-0.25, -0.2) is 0 Å². The number of carbonyl (C=O) groups excluding carboxylic acids is 1. The predicted octanol–water partition coefficient (Wildman–Crippen LogP) is 5.49. The van der Waals surface area contributed by atoms with Gasteiger partial charge >= 0.3 is 0 Å². The van der Waals surface area contributed by atoms with Gasteiger partial charge in [-0.15, -0.1) is 10.2 Å². The number of amides is 1. The molecule has 1 N–H and O–H groups in total. The summed E-state index contributed by atoms with van der Waals surface area (Å²) in [5.41, 5.74) is 1.96. The summed E-state index contributed by atoms with van der Waals surface area (Å²) in [5.74, 6) is 2.33. The molecule has 1 aliphatic heterocycles. The van der Waals surface area contributed by atoms with Crippen molar-refractivity contribution in [3.05, 3.63) is 66.2 Å². The smallest absolute Gasteiger partial charge is 0.234 e. The number of hydrogen-bond acceptors (Lipinski definition) is 8. The maximum Gasteiger partial charge on any atom is 0.234 e. The lowest BCUT2D eigenvalue weighted by molar-refractivity contribution is -0.113. The zero-order valence-electron chi connectivity index (χ0n) is 16.9. The second-order valence-electron chi connectivity index (χ2n) is 6.96. The monoisotopic (exact) mass is 481 g/mol. The van der Waals surface area contributed by atoms with E-state index in [0.29, 0.717) is 30.4 Å². The summed E-state index contributed by atoms with van der Waals surface area (Å²) in [7, 11) is 0. The lowest BCUT2D eigenvalue weighted by Gasteiger charge is -2.18. The molecule has 1 aromatic heterocycles. The van der Waals surface area contributed by atoms with Crippen LogP contribution in [0.25, 0.3) is 10.8 Å². The SMILES string of the molecule is O=C(CSc1nnc(SCc2cccc3ccccc23)s1)Nc1ccc2c(c1)OCCO2. The molecule has 0 aliphatic carbocycles. The minimum absolute atomic E-state index is 0.105. The molecular weight excluding hydrogens is 462 g/mol. The highest BCUT2D eigenvalue weighted by Crippen LogP contribution is 2.34. The van der Waals surface area contributed by atoms with E-state index in [1.807, 2.05) is 6.07 Å². The fourth-order valence-corrected chi connectivity index (χ4v) is 6.14. The van der Waals surface area contributed by atoms with Crippen LogP contribution in [0.5, 0.6) is 11.5 Å². The molecule has 0 unspecified atom stereocenters. The van der Waals surface area contributed by atoms with Gasteiger partial charge in [-0.1, -0.05) is 77.3 Å². The van der Waals surface area contributed by atoms with E-state index >= 15 is 0 Å². The highest BCUT2D eigenvalue weighted by molar-refractivity contribution is 8.03. The summed E-state index contributed by atoms with van der Waals surface area (Å²) >= 11 is 4.56. The van der Waals surface area contributed by atoms with Crippen molar-refractivity contribution < 1.29 is 14.3 Å². The zero-order chi connectivity index (χ0) is 21.8. The van der Waals surface area contributed by atoms with Crippen molar-refractivity contribution in [1.82, 2.24) is 10.2 Å². The van der Waals surface area contributed by atoms with Gasteiger partial charge < -0.3 is 14.8 Å². The van der Waals surface area contributed by atoms with Crippen LogP contribution in [0.2, 0.25) is 0 Å². The highest BCUT2D eigenvalue weighted by Gasteiger charge is 2.14. The molecule has 3 aromatic carbocycles. The Morgan fingerprint density at radius 3 is 2.62 bits per heavy atom. The summed E-state index contributed by atoms with van der Waals surface area (Å²) in [5, 5.41) is 13.9. The Balaban J connectivity index is 1.14. The number of carbonyl (C=O) groups is 1. The van der Waals surface area contributed by atoms with Crippen molar-refractivity contribution in [3.8, 4) is 11.5 Å². The molecular formula is C23H19N3O3S3. The molecule has 1 amide bonds. The third kappa shape index (κ3) is 5.01. The molecule has 0 spiro atoms. The lowest BCUT2D eigenvalue weighted by atomic mass is 10.1. The first kappa shape index (κ1) is 21.1. The van der Waals surface area contributed by atoms with E-state index in [1.165, 1.54) is 39.4 Å². The lowest BCUT2D eigenvalue weighted by Crippen LogP contribution is -2.17. The molecule has 2 heterocycles. The van der Waals surface area contributed by atoms with Crippen LogP contribution < -0.4 is 14.8 Å². The molecule has 4 aromatic rings. The zero-order valence-corrected chi connectivity index (χ0v) is 19.4. The molecule has 0 atom stereocenters. The van der Waals surface area contributed by atoms with E-state index in [0.717, 1.165) is 14.4 Å². The van der Waals surface area contributed by atoms with Gasteiger partial charge in [0, 0.05) is 17.5 Å². The van der Waals surface area contributed by atoms with Crippen molar-refractivity contribution in [3.63, 3.8) is 0 Å². The molecule has 0 radical (unpaired) electrons. The van der Waals surface area contributed by atoms with E-state index in [9.17, 15) is 4.79 Å². The number of anilines is 1. The molecule has 162 valence electrons. The van der Waals surface area contributed by atoms with Gasteiger partial charge in [-0.3, -0.25) is 4.79 Å². The first-order chi connectivity index (χ1) is 15.7. The maximum absolute atomic E-state index is 12.3. The van der Waals surface area contributed by atoms with E-state index in [4.69, 9.17) is 9.47 Å². The van der Waals surface area contributed by atoms with Crippen LogP contribution in [-0.2, 0) is 10.5 Å². The number of benzene rings is 3. The van der Waals surface area contributed by atoms with Crippen LogP contribution in [0.4, 0.5) is 5.69 Å². The molecule has 9 heteroatoms. The molecule has 0 saturated carbocycles. The Kier molecular flexibility index (Phi) is 6.47. The Hall–Kier alpha value is -2.75. The summed E-state index contributed by atoms with van der Waals surface area (Å²) < 4.78 is 12.7. The van der Waals surface area contributed by atoms with Crippen LogP contribution >= 0.6 is 34.9 Å². The van der Waals surface area contributed by atoms with Crippen LogP contribution in [0.15, 0.2) is 69.3 Å². The number of thioether (sulfide) groups is 2. The summed E-state index contributed by atoms with van der Waals surface area (Å²) in [4.78, 5) is 12.3. The van der Waals surface area contributed by atoms with Gasteiger partial charge in [0.15, 0.2) is 20.2 Å². The van der Waals surface area contributed by atoms with Crippen LogP contribution in [0, 0.1) is 0 Å². The average Bonchev–Trinajstić information content (AvgIpc) is 3.29. The van der Waals surface area contributed by atoms with Crippen molar-refractivity contribution >= 4 is 57.2 Å². The van der Waals surface area contributed by atoms with Gasteiger partial charge in [-0.2, -0.15) is 0 Å². The highest BCUT2D eigenvalue weighted by atomic mass is 32.2. The Morgan fingerprint density at radius 2 is 1.72 bits per heavy atom. The van der Waals surface area contributed by atoms with E-state index in [-0.39, 0.29) is 11.7 Å². The topological polar surface area (TPSA) is 73.3 Å². The van der Waals surface area contributed by atoms with E-state index in [2.05, 4.69) is 58.0 Å². The number of fused-ring (bicyclic) bond motifs is 2. The minimum Gasteiger partial charge on any atom is -0.486 e. The predicted molar refractivity (Wildman–Crippen MR) is 130 cm³/mol. The minimum atomic E-state index is -0.105. The Morgan fingerprint density at radius 1 is 0.938 bits per heavy atom. The number of ether oxygens (including phenoxy) is 2. The molecule has 32 heavy (non-hydrogen) atoms. The summed E-state index contributed by atoms with van der Waals surface area (Å²) in [6.07, 6.45) is 0. The standard InChI is InChI=1S/C23H19N3O3S3/c27-21(24-17-8-9-19-20(12-17)29-11-10-28-19)14-31-23-26-25-22(32-23)30-13-16-6-3-5-15-4-1-2-7-18(15)16/h1-9,12H,10-11,13-14H2,(H,24,27). The molecule has 5 rings (SSSR count). The number of hydrogen-bond donors (Lipinski definition) is 1. The average molecular weight is 482 g/mol. The molecule has 0 fully saturated rings. The van der Waals surface area contributed by atoms with Gasteiger partial charge in [-0.05, 0) is 28.5 Å². The quantitative estimate of drug-likeness (QED) is 0.350. The normalized spacial score (nSPS) is 12.6. The molecule has 0 bridgehead atoms. The van der Waals surface area contributed by atoms with Crippen LogP contribution in [0.1, 0.15) is 5.56 Å². The van der Waals surface area contributed by atoms with Gasteiger partial charge in [0.1, 0.15) is 13.2 Å². The second kappa shape index (κ2) is 9.81. The van der Waals surface area contributed by atoms with Crippen molar-refractivity contribution in [2.45, 2.75) is 14.4 Å². The largest absolute Gasteiger partial charge is 0.486 e. The van der Waals surface area contributed by atoms with Crippen LogP contribution in [0.3, 0.4) is 0 Å². The van der Waals surface area contributed by atoms with Crippen molar-refractivity contribution in [1.29, 1.82) is 0 Å². The number of nitrogens with one attached hydrogen (secondary N) is 1. The van der Waals surface area contributed by atoms with Gasteiger partial charge in [0.2, 0.25) is 5.91 Å². The van der Waals surface area contributed by atoms with E-state index < -0.39 is 0 Å². The third-order valence-corrected chi connectivity index (χ3v) is 8.01. The second-order valence-corrected chi connectivity index (χ2v) is 10.4. The van der Waals surface area contributed by atoms with Crippen LogP contribution in [-0.4, -0.2) is 35.1 Å². The molecule has 1 aliphatic rings. The number of rotatable bonds is 7. The maximum atomic E-state index is 12.3. The Bertz CT molecular complexity index is 1260. The van der Waals surface area contributed by atoms with Crippen molar-refractivity contribution in [2.75, 3.05) is 24.3 Å². The fraction of sp³-hybridized carbons (Fsp3) is 0.174. The summed E-state index contributed by atoms with van der Waals surface area (Å²) in [6.45, 7) is 1.05. The number of nitrogens with zero attached hydrogens (tertiary/aromatic N) is 2. The van der Waals surface area contributed by atoms with Gasteiger partial charge in [0.05, 0.1) is 5.75 Å². The van der Waals surface area contributed by atoms with Crippen molar-refractivity contribution in [2.24, 2.45) is 0 Å². The summed E-state index contributed by atoms with van der Waals surface area (Å²) in [6, 6.07) is 20.1. The molecule has 0 saturated heterocycles. The third-order valence-electron chi connectivity index (χ3n) is 4.77.